The molecule has 1 aromatic rings. The van der Waals surface area contributed by atoms with E-state index in [2.05, 4.69) is 22.1 Å². The van der Waals surface area contributed by atoms with Gasteiger partial charge in [0.25, 0.3) is 5.91 Å². The van der Waals surface area contributed by atoms with Gasteiger partial charge in [0, 0.05) is 31.2 Å². The minimum Gasteiger partial charge on any atom is -0.352 e. The van der Waals surface area contributed by atoms with Gasteiger partial charge in [0.2, 0.25) is 5.91 Å². The third-order valence-electron chi connectivity index (χ3n) is 3.77. The van der Waals surface area contributed by atoms with E-state index in [4.69, 9.17) is 0 Å². The van der Waals surface area contributed by atoms with Crippen molar-refractivity contribution in [2.24, 2.45) is 0 Å². The van der Waals surface area contributed by atoms with Crippen molar-refractivity contribution in [3.05, 3.63) is 48.6 Å². The molecule has 1 aliphatic rings. The molecular weight excluding hydrogens is 278 g/mol. The number of carbonyl (C=O) groups is 2. The van der Waals surface area contributed by atoms with Crippen LogP contribution >= 0.6 is 0 Å². The summed E-state index contributed by atoms with van der Waals surface area (Å²) in [7, 11) is 0. The van der Waals surface area contributed by atoms with Gasteiger partial charge in [-0.3, -0.25) is 14.5 Å². The van der Waals surface area contributed by atoms with Crippen molar-refractivity contribution in [1.82, 2.24) is 15.5 Å². The van der Waals surface area contributed by atoms with Crippen molar-refractivity contribution < 1.29 is 9.59 Å². The molecule has 0 atom stereocenters. The molecule has 1 aliphatic heterocycles. The number of piperidine rings is 1. The second-order valence-corrected chi connectivity index (χ2v) is 5.48. The van der Waals surface area contributed by atoms with Gasteiger partial charge < -0.3 is 10.6 Å². The highest BCUT2D eigenvalue weighted by molar-refractivity contribution is 5.94. The van der Waals surface area contributed by atoms with E-state index in [0.717, 1.165) is 25.9 Å². The summed E-state index contributed by atoms with van der Waals surface area (Å²) < 4.78 is 0. The maximum atomic E-state index is 12.1. The first-order chi connectivity index (χ1) is 10.7. The fourth-order valence-corrected chi connectivity index (χ4v) is 2.54. The van der Waals surface area contributed by atoms with Gasteiger partial charge in [0.15, 0.2) is 0 Å². The first-order valence-electron chi connectivity index (χ1n) is 7.65. The van der Waals surface area contributed by atoms with Gasteiger partial charge in [-0.05, 0) is 25.0 Å². The van der Waals surface area contributed by atoms with E-state index >= 15 is 0 Å². The molecule has 1 fully saturated rings. The van der Waals surface area contributed by atoms with E-state index in [1.807, 2.05) is 30.3 Å². The quantitative estimate of drug-likeness (QED) is 0.776. The highest BCUT2D eigenvalue weighted by atomic mass is 16.2. The molecule has 2 N–H and O–H groups in total. The molecule has 2 amide bonds. The molecule has 5 heteroatoms. The molecule has 0 aromatic heterocycles. The Morgan fingerprint density at radius 2 is 1.91 bits per heavy atom. The highest BCUT2D eigenvalue weighted by Gasteiger charge is 2.22. The van der Waals surface area contributed by atoms with Crippen LogP contribution in [0.3, 0.4) is 0 Å². The van der Waals surface area contributed by atoms with Crippen LogP contribution in [0.5, 0.6) is 0 Å². The smallest absolute Gasteiger partial charge is 0.251 e. The third kappa shape index (κ3) is 5.00. The molecule has 5 nitrogen and oxygen atoms in total. The van der Waals surface area contributed by atoms with Gasteiger partial charge in [-0.2, -0.15) is 0 Å². The fourth-order valence-electron chi connectivity index (χ4n) is 2.54. The molecule has 0 saturated carbocycles. The van der Waals surface area contributed by atoms with Crippen LogP contribution in [0.4, 0.5) is 0 Å². The van der Waals surface area contributed by atoms with Crippen molar-refractivity contribution in [1.29, 1.82) is 0 Å². The van der Waals surface area contributed by atoms with Gasteiger partial charge in [0.05, 0.1) is 6.54 Å². The number of likely N-dealkylation sites (tertiary alicyclic amines) is 1. The lowest BCUT2D eigenvalue weighted by Gasteiger charge is -2.31. The summed E-state index contributed by atoms with van der Waals surface area (Å²) in [5.41, 5.74) is 0.689. The van der Waals surface area contributed by atoms with E-state index in [1.165, 1.54) is 0 Å². The lowest BCUT2D eigenvalue weighted by atomic mass is 10.0. The molecule has 1 saturated heterocycles. The zero-order valence-electron chi connectivity index (χ0n) is 12.8. The van der Waals surface area contributed by atoms with Crippen LogP contribution in [0.25, 0.3) is 0 Å². The number of carbonyl (C=O) groups excluding carboxylic acids is 2. The van der Waals surface area contributed by atoms with Crippen molar-refractivity contribution in [2.45, 2.75) is 18.9 Å². The molecule has 0 spiro atoms. The van der Waals surface area contributed by atoms with Gasteiger partial charge in [-0.1, -0.05) is 24.3 Å². The second kappa shape index (κ2) is 8.34. The average molecular weight is 301 g/mol. The monoisotopic (exact) mass is 301 g/mol. The predicted molar refractivity (Wildman–Crippen MR) is 86.6 cm³/mol. The molecule has 2 rings (SSSR count). The Bertz CT molecular complexity index is 508. The molecule has 1 aromatic carbocycles. The summed E-state index contributed by atoms with van der Waals surface area (Å²) in [4.78, 5) is 25.9. The zero-order chi connectivity index (χ0) is 15.8. The van der Waals surface area contributed by atoms with Gasteiger partial charge in [0.1, 0.15) is 0 Å². The number of benzene rings is 1. The van der Waals surface area contributed by atoms with E-state index < -0.39 is 0 Å². The number of nitrogens with one attached hydrogen (secondary N) is 2. The van der Waals surface area contributed by atoms with Crippen LogP contribution in [0.15, 0.2) is 43.0 Å². The van der Waals surface area contributed by atoms with Crippen molar-refractivity contribution >= 4 is 11.8 Å². The topological polar surface area (TPSA) is 61.4 Å². The van der Waals surface area contributed by atoms with E-state index in [0.29, 0.717) is 18.7 Å². The number of hydrogen-bond acceptors (Lipinski definition) is 3. The Kier molecular flexibility index (Phi) is 6.15. The van der Waals surface area contributed by atoms with Crippen LogP contribution in [0, 0.1) is 0 Å². The zero-order valence-corrected chi connectivity index (χ0v) is 12.8. The molecule has 0 aliphatic carbocycles. The van der Waals surface area contributed by atoms with Gasteiger partial charge >= 0.3 is 0 Å². The summed E-state index contributed by atoms with van der Waals surface area (Å²) in [5, 5.41) is 5.84. The molecule has 118 valence electrons. The van der Waals surface area contributed by atoms with E-state index in [-0.39, 0.29) is 17.9 Å². The molecular formula is C17H23N3O2. The lowest BCUT2D eigenvalue weighted by molar-refractivity contribution is -0.122. The summed E-state index contributed by atoms with van der Waals surface area (Å²) in [6.45, 7) is 6.13. The molecule has 1 heterocycles. The number of hydrogen-bond donors (Lipinski definition) is 2. The SMILES string of the molecule is C=CCNC(=O)CN1CCC(NC(=O)c2ccccc2)CC1. The Balaban J connectivity index is 1.72. The van der Waals surface area contributed by atoms with Crippen molar-refractivity contribution in [3.8, 4) is 0 Å². The van der Waals surface area contributed by atoms with Crippen LogP contribution in [0.1, 0.15) is 23.2 Å². The van der Waals surface area contributed by atoms with E-state index in [1.54, 1.807) is 6.08 Å². The minimum absolute atomic E-state index is 0.0201. The van der Waals surface area contributed by atoms with E-state index in [9.17, 15) is 9.59 Å². The number of rotatable bonds is 6. The standard InChI is InChI=1S/C17H23N3O2/c1-2-10-18-16(21)13-20-11-8-15(9-12-20)19-17(22)14-6-4-3-5-7-14/h2-7,15H,1,8-13H2,(H,18,21)(H,19,22). The largest absolute Gasteiger partial charge is 0.352 e. The van der Waals surface area contributed by atoms with Crippen molar-refractivity contribution in [2.75, 3.05) is 26.2 Å². The molecule has 0 radical (unpaired) electrons. The van der Waals surface area contributed by atoms with Crippen LogP contribution in [-0.4, -0.2) is 48.9 Å². The van der Waals surface area contributed by atoms with Crippen LogP contribution in [-0.2, 0) is 4.79 Å². The Morgan fingerprint density at radius 1 is 1.23 bits per heavy atom. The first kappa shape index (κ1) is 16.2. The first-order valence-corrected chi connectivity index (χ1v) is 7.65. The second-order valence-electron chi connectivity index (χ2n) is 5.48. The van der Waals surface area contributed by atoms with Crippen LogP contribution in [0.2, 0.25) is 0 Å². The summed E-state index contributed by atoms with van der Waals surface area (Å²) in [6.07, 6.45) is 3.41. The molecule has 22 heavy (non-hydrogen) atoms. The Hall–Kier alpha value is -2.14. The van der Waals surface area contributed by atoms with Gasteiger partial charge in [-0.15, -0.1) is 6.58 Å². The minimum atomic E-state index is -0.0252. The lowest BCUT2D eigenvalue weighted by Crippen LogP contribution is -2.47. The predicted octanol–water partition coefficient (Wildman–Crippen LogP) is 1.18. The van der Waals surface area contributed by atoms with Crippen LogP contribution < -0.4 is 10.6 Å². The van der Waals surface area contributed by atoms with Crippen molar-refractivity contribution in [3.63, 3.8) is 0 Å². The van der Waals surface area contributed by atoms with Gasteiger partial charge in [-0.25, -0.2) is 0 Å². The Labute approximate surface area is 131 Å². The average Bonchev–Trinajstić information content (AvgIpc) is 2.55. The summed E-state index contributed by atoms with van der Waals surface area (Å²) in [5.74, 6) is -0.00514. The Morgan fingerprint density at radius 3 is 2.55 bits per heavy atom. The third-order valence-corrected chi connectivity index (χ3v) is 3.77. The molecule has 0 bridgehead atoms. The number of amides is 2. The fraction of sp³-hybridized carbons (Fsp3) is 0.412. The maximum absolute atomic E-state index is 12.1. The summed E-state index contributed by atoms with van der Waals surface area (Å²) >= 11 is 0. The highest BCUT2D eigenvalue weighted by Crippen LogP contribution is 2.11. The summed E-state index contributed by atoms with van der Waals surface area (Å²) in [6, 6.07) is 9.43. The number of nitrogens with zero attached hydrogens (tertiary/aromatic N) is 1. The maximum Gasteiger partial charge on any atom is 0.251 e. The normalized spacial score (nSPS) is 16.0. The molecule has 0 unspecified atom stereocenters.